The van der Waals surface area contributed by atoms with Gasteiger partial charge in [0.2, 0.25) is 0 Å². The standard InChI is InChI=1S/C9H8ClN3OS2/c10-5-1-2-7-6(3-5)12-9(16-7)15-4-8(11)13-14/h1-3,14H,4H2,(H2,11,13). The van der Waals surface area contributed by atoms with Crippen LogP contribution in [0.4, 0.5) is 0 Å². The van der Waals surface area contributed by atoms with Crippen LogP contribution in [0.25, 0.3) is 10.2 Å². The topological polar surface area (TPSA) is 71.5 Å². The van der Waals surface area contributed by atoms with E-state index in [1.54, 1.807) is 11.3 Å². The maximum atomic E-state index is 8.40. The number of fused-ring (bicyclic) bond motifs is 1. The second kappa shape index (κ2) is 4.90. The Labute approximate surface area is 105 Å². The van der Waals surface area contributed by atoms with E-state index in [9.17, 15) is 0 Å². The molecule has 0 aliphatic carbocycles. The number of nitrogens with zero attached hydrogens (tertiary/aromatic N) is 2. The summed E-state index contributed by atoms with van der Waals surface area (Å²) in [5.74, 6) is 0.603. The Morgan fingerprint density at radius 2 is 2.44 bits per heavy atom. The lowest BCUT2D eigenvalue weighted by Gasteiger charge is -1.93. The molecule has 84 valence electrons. The Kier molecular flexibility index (Phi) is 3.52. The zero-order valence-corrected chi connectivity index (χ0v) is 10.4. The number of hydrogen-bond donors (Lipinski definition) is 2. The van der Waals surface area contributed by atoms with E-state index in [1.165, 1.54) is 11.8 Å². The van der Waals surface area contributed by atoms with E-state index >= 15 is 0 Å². The number of halogens is 1. The van der Waals surface area contributed by atoms with Crippen molar-refractivity contribution < 1.29 is 5.21 Å². The molecule has 2 aromatic rings. The summed E-state index contributed by atoms with van der Waals surface area (Å²) in [5, 5.41) is 12.0. The lowest BCUT2D eigenvalue weighted by molar-refractivity contribution is 0.318. The van der Waals surface area contributed by atoms with Crippen molar-refractivity contribution in [2.24, 2.45) is 10.9 Å². The molecule has 0 unspecified atom stereocenters. The summed E-state index contributed by atoms with van der Waals surface area (Å²) >= 11 is 8.86. The Morgan fingerprint density at radius 1 is 1.62 bits per heavy atom. The summed E-state index contributed by atoms with van der Waals surface area (Å²) in [7, 11) is 0. The van der Waals surface area contributed by atoms with E-state index in [4.69, 9.17) is 22.5 Å². The van der Waals surface area contributed by atoms with Gasteiger partial charge in [0.15, 0.2) is 4.34 Å². The van der Waals surface area contributed by atoms with E-state index < -0.39 is 0 Å². The van der Waals surface area contributed by atoms with E-state index in [-0.39, 0.29) is 5.84 Å². The Morgan fingerprint density at radius 3 is 3.19 bits per heavy atom. The van der Waals surface area contributed by atoms with Gasteiger partial charge >= 0.3 is 0 Å². The van der Waals surface area contributed by atoms with Gasteiger partial charge in [-0.2, -0.15) is 0 Å². The first-order valence-electron chi connectivity index (χ1n) is 4.34. The normalized spacial score (nSPS) is 12.2. The molecule has 1 aromatic heterocycles. The summed E-state index contributed by atoms with van der Waals surface area (Å²) < 4.78 is 1.95. The minimum atomic E-state index is 0.183. The molecule has 16 heavy (non-hydrogen) atoms. The van der Waals surface area contributed by atoms with E-state index in [1.807, 2.05) is 18.2 Å². The van der Waals surface area contributed by atoms with Gasteiger partial charge in [-0.3, -0.25) is 0 Å². The molecule has 1 heterocycles. The van der Waals surface area contributed by atoms with Crippen LogP contribution in [-0.4, -0.2) is 21.8 Å². The van der Waals surface area contributed by atoms with Gasteiger partial charge in [0.25, 0.3) is 0 Å². The number of benzene rings is 1. The highest BCUT2D eigenvalue weighted by atomic mass is 35.5. The van der Waals surface area contributed by atoms with Crippen LogP contribution >= 0.6 is 34.7 Å². The van der Waals surface area contributed by atoms with Crippen molar-refractivity contribution in [3.63, 3.8) is 0 Å². The van der Waals surface area contributed by atoms with Crippen molar-refractivity contribution in [2.75, 3.05) is 5.75 Å². The molecular weight excluding hydrogens is 266 g/mol. The first-order chi connectivity index (χ1) is 7.69. The summed E-state index contributed by atoms with van der Waals surface area (Å²) in [6.07, 6.45) is 0. The predicted octanol–water partition coefficient (Wildman–Crippen LogP) is 2.79. The molecule has 2 rings (SSSR count). The SMILES string of the molecule is NC(CSc1nc2cc(Cl)ccc2s1)=NO. The average Bonchev–Trinajstić information content (AvgIpc) is 2.67. The summed E-state index contributed by atoms with van der Waals surface area (Å²) in [4.78, 5) is 4.38. The zero-order chi connectivity index (χ0) is 11.5. The second-order valence-electron chi connectivity index (χ2n) is 2.97. The van der Waals surface area contributed by atoms with Crippen molar-refractivity contribution in [3.8, 4) is 0 Å². The van der Waals surface area contributed by atoms with E-state index in [0.29, 0.717) is 10.8 Å². The smallest absolute Gasteiger partial charge is 0.151 e. The van der Waals surface area contributed by atoms with Crippen LogP contribution < -0.4 is 5.73 Å². The molecule has 0 radical (unpaired) electrons. The summed E-state index contributed by atoms with van der Waals surface area (Å²) in [6.45, 7) is 0. The summed E-state index contributed by atoms with van der Waals surface area (Å²) in [6, 6.07) is 5.59. The van der Waals surface area contributed by atoms with Crippen LogP contribution in [0.5, 0.6) is 0 Å². The number of thiazole rings is 1. The number of hydrogen-bond acceptors (Lipinski definition) is 5. The number of aromatic nitrogens is 1. The largest absolute Gasteiger partial charge is 0.409 e. The molecule has 0 fully saturated rings. The van der Waals surface area contributed by atoms with Crippen molar-refractivity contribution in [1.29, 1.82) is 0 Å². The fourth-order valence-electron chi connectivity index (χ4n) is 1.11. The molecule has 0 saturated heterocycles. The van der Waals surface area contributed by atoms with Crippen LogP contribution in [0.2, 0.25) is 5.02 Å². The minimum absolute atomic E-state index is 0.183. The molecular formula is C9H8ClN3OS2. The van der Waals surface area contributed by atoms with Gasteiger partial charge in [0.1, 0.15) is 5.84 Å². The van der Waals surface area contributed by atoms with Crippen LogP contribution in [-0.2, 0) is 0 Å². The van der Waals surface area contributed by atoms with E-state index in [0.717, 1.165) is 14.6 Å². The van der Waals surface area contributed by atoms with Gasteiger partial charge in [-0.1, -0.05) is 28.5 Å². The van der Waals surface area contributed by atoms with Crippen molar-refractivity contribution in [1.82, 2.24) is 4.98 Å². The van der Waals surface area contributed by atoms with Gasteiger partial charge < -0.3 is 10.9 Å². The van der Waals surface area contributed by atoms with Crippen molar-refractivity contribution in [2.45, 2.75) is 4.34 Å². The first-order valence-corrected chi connectivity index (χ1v) is 6.52. The summed E-state index contributed by atoms with van der Waals surface area (Å²) in [5.41, 5.74) is 6.25. The number of amidine groups is 1. The lowest BCUT2D eigenvalue weighted by atomic mass is 10.3. The van der Waals surface area contributed by atoms with Gasteiger partial charge in [-0.05, 0) is 18.2 Å². The van der Waals surface area contributed by atoms with Crippen LogP contribution in [0.1, 0.15) is 0 Å². The quantitative estimate of drug-likeness (QED) is 0.297. The lowest BCUT2D eigenvalue weighted by Crippen LogP contribution is -2.13. The Hall–Kier alpha value is -0.980. The fraction of sp³-hybridized carbons (Fsp3) is 0.111. The minimum Gasteiger partial charge on any atom is -0.409 e. The molecule has 7 heteroatoms. The molecule has 0 atom stereocenters. The molecule has 3 N–H and O–H groups in total. The maximum absolute atomic E-state index is 8.40. The van der Waals surface area contributed by atoms with Gasteiger partial charge in [0, 0.05) is 5.02 Å². The van der Waals surface area contributed by atoms with Gasteiger partial charge in [-0.25, -0.2) is 4.98 Å². The molecule has 0 amide bonds. The molecule has 1 aromatic carbocycles. The average molecular weight is 274 g/mol. The number of nitrogens with two attached hydrogens (primary N) is 1. The fourth-order valence-corrected chi connectivity index (χ4v) is 3.12. The molecule has 0 aliphatic rings. The molecule has 0 bridgehead atoms. The van der Waals surface area contributed by atoms with E-state index in [2.05, 4.69) is 10.1 Å². The molecule has 0 spiro atoms. The van der Waals surface area contributed by atoms with Crippen LogP contribution in [0.15, 0.2) is 27.7 Å². The molecule has 4 nitrogen and oxygen atoms in total. The van der Waals surface area contributed by atoms with Gasteiger partial charge in [-0.15, -0.1) is 11.3 Å². The number of oxime groups is 1. The zero-order valence-electron chi connectivity index (χ0n) is 8.05. The maximum Gasteiger partial charge on any atom is 0.151 e. The predicted molar refractivity (Wildman–Crippen MR) is 68.8 cm³/mol. The monoisotopic (exact) mass is 273 g/mol. The highest BCUT2D eigenvalue weighted by Crippen LogP contribution is 2.30. The third kappa shape index (κ3) is 2.58. The third-order valence-corrected chi connectivity index (χ3v) is 4.25. The van der Waals surface area contributed by atoms with Gasteiger partial charge in [0.05, 0.1) is 16.0 Å². The first kappa shape index (κ1) is 11.5. The van der Waals surface area contributed by atoms with Crippen LogP contribution in [0, 0.1) is 0 Å². The second-order valence-corrected chi connectivity index (χ2v) is 5.66. The van der Waals surface area contributed by atoms with Crippen LogP contribution in [0.3, 0.4) is 0 Å². The highest BCUT2D eigenvalue weighted by Gasteiger charge is 2.05. The molecule has 0 saturated carbocycles. The third-order valence-electron chi connectivity index (χ3n) is 1.80. The number of rotatable bonds is 3. The Bertz CT molecular complexity index is 541. The van der Waals surface area contributed by atoms with Crippen molar-refractivity contribution >= 4 is 50.8 Å². The Balaban J connectivity index is 2.20. The van der Waals surface area contributed by atoms with Crippen molar-refractivity contribution in [3.05, 3.63) is 23.2 Å². The number of thioether (sulfide) groups is 1. The highest BCUT2D eigenvalue weighted by molar-refractivity contribution is 8.01. The molecule has 0 aliphatic heterocycles.